The molecule has 0 aliphatic carbocycles. The van der Waals surface area contributed by atoms with E-state index in [9.17, 15) is 4.39 Å². The fraction of sp³-hybridized carbons (Fsp3) is 0.625. The molecule has 1 fully saturated rings. The van der Waals surface area contributed by atoms with Gasteiger partial charge in [-0.15, -0.1) is 0 Å². The molecule has 0 aromatic heterocycles. The Morgan fingerprint density at radius 3 is 2.50 bits per heavy atom. The van der Waals surface area contributed by atoms with Crippen LogP contribution in [0, 0.1) is 5.82 Å². The first-order valence-corrected chi connectivity index (χ1v) is 7.49. The van der Waals surface area contributed by atoms with Crippen molar-refractivity contribution in [2.24, 2.45) is 0 Å². The monoisotopic (exact) mass is 299 g/mol. The average molecular weight is 300 g/mol. The van der Waals surface area contributed by atoms with Gasteiger partial charge in [0.15, 0.2) is 0 Å². The number of ether oxygens (including phenoxy) is 1. The molecule has 112 valence electrons. The molecule has 1 aromatic carbocycles. The lowest BCUT2D eigenvalue weighted by atomic mass is 9.73. The van der Waals surface area contributed by atoms with E-state index < -0.39 is 0 Å². The van der Waals surface area contributed by atoms with Gasteiger partial charge in [-0.3, -0.25) is 0 Å². The van der Waals surface area contributed by atoms with Gasteiger partial charge in [-0.1, -0.05) is 17.7 Å². The molecule has 0 saturated carbocycles. The van der Waals surface area contributed by atoms with Gasteiger partial charge in [0.2, 0.25) is 0 Å². The quantitative estimate of drug-likeness (QED) is 0.913. The predicted molar refractivity (Wildman–Crippen MR) is 80.9 cm³/mol. The van der Waals surface area contributed by atoms with Crippen LogP contribution >= 0.6 is 11.6 Å². The molecule has 2 rings (SSSR count). The van der Waals surface area contributed by atoms with Crippen molar-refractivity contribution in [3.8, 4) is 0 Å². The second-order valence-corrected chi connectivity index (χ2v) is 7.03. The summed E-state index contributed by atoms with van der Waals surface area (Å²) < 4.78 is 18.8. The normalized spacial score (nSPS) is 19.1. The minimum atomic E-state index is -0.287. The smallest absolute Gasteiger partial charge is 0.124 e. The zero-order valence-electron chi connectivity index (χ0n) is 12.4. The molecule has 1 heterocycles. The van der Waals surface area contributed by atoms with Crippen LogP contribution in [-0.2, 0) is 10.2 Å². The number of rotatable bonds is 3. The minimum absolute atomic E-state index is 0.0395. The first-order valence-electron chi connectivity index (χ1n) is 7.11. The zero-order valence-corrected chi connectivity index (χ0v) is 13.2. The maximum Gasteiger partial charge on any atom is 0.124 e. The molecular weight excluding hydrogens is 277 g/mol. The summed E-state index contributed by atoms with van der Waals surface area (Å²) in [5.41, 5.74) is 0.995. The van der Waals surface area contributed by atoms with Crippen molar-refractivity contribution in [2.45, 2.75) is 44.6 Å². The molecule has 1 aromatic rings. The van der Waals surface area contributed by atoms with Gasteiger partial charge in [-0.05, 0) is 51.3 Å². The molecular formula is C16H23ClFNO. The Balaban J connectivity index is 2.30. The number of halogens is 2. The summed E-state index contributed by atoms with van der Waals surface area (Å²) in [7, 11) is 0. The predicted octanol–water partition coefficient (Wildman–Crippen LogP) is 3.92. The third kappa shape index (κ3) is 3.72. The van der Waals surface area contributed by atoms with Crippen molar-refractivity contribution in [3.05, 3.63) is 34.6 Å². The van der Waals surface area contributed by atoms with E-state index in [0.29, 0.717) is 5.02 Å². The van der Waals surface area contributed by atoms with Crippen LogP contribution in [0.2, 0.25) is 5.02 Å². The lowest BCUT2D eigenvalue weighted by Crippen LogP contribution is -2.48. The van der Waals surface area contributed by atoms with Gasteiger partial charge >= 0.3 is 0 Å². The molecule has 20 heavy (non-hydrogen) atoms. The van der Waals surface area contributed by atoms with Crippen LogP contribution in [0.25, 0.3) is 0 Å². The topological polar surface area (TPSA) is 21.3 Å². The maximum absolute atomic E-state index is 13.3. The summed E-state index contributed by atoms with van der Waals surface area (Å²) >= 11 is 6.29. The number of hydrogen-bond donors (Lipinski definition) is 1. The van der Waals surface area contributed by atoms with E-state index in [1.807, 2.05) is 6.07 Å². The van der Waals surface area contributed by atoms with Gasteiger partial charge in [0, 0.05) is 35.7 Å². The van der Waals surface area contributed by atoms with Crippen LogP contribution in [0.1, 0.15) is 39.2 Å². The summed E-state index contributed by atoms with van der Waals surface area (Å²) in [5, 5.41) is 4.08. The van der Waals surface area contributed by atoms with Gasteiger partial charge in [-0.25, -0.2) is 4.39 Å². The van der Waals surface area contributed by atoms with Crippen LogP contribution in [0.15, 0.2) is 18.2 Å². The number of benzene rings is 1. The standard InChI is InChI=1S/C16H23ClFNO/c1-15(2,3)19-11-16(6-8-20-9-7-16)13-5-4-12(18)10-14(13)17/h4-5,10,19H,6-9,11H2,1-3H3. The molecule has 0 amide bonds. The highest BCUT2D eigenvalue weighted by Gasteiger charge is 2.36. The van der Waals surface area contributed by atoms with E-state index in [1.165, 1.54) is 12.1 Å². The van der Waals surface area contributed by atoms with Crippen molar-refractivity contribution in [1.82, 2.24) is 5.32 Å². The Kier molecular flexibility index (Phi) is 4.73. The van der Waals surface area contributed by atoms with E-state index in [4.69, 9.17) is 16.3 Å². The lowest BCUT2D eigenvalue weighted by molar-refractivity contribution is 0.0476. The van der Waals surface area contributed by atoms with Gasteiger partial charge in [0.25, 0.3) is 0 Å². The van der Waals surface area contributed by atoms with E-state index >= 15 is 0 Å². The molecule has 1 aliphatic rings. The van der Waals surface area contributed by atoms with Crippen molar-refractivity contribution in [2.75, 3.05) is 19.8 Å². The summed E-state index contributed by atoms with van der Waals surface area (Å²) in [6.45, 7) is 8.70. The molecule has 1 aliphatic heterocycles. The third-order valence-electron chi connectivity index (χ3n) is 3.91. The Morgan fingerprint density at radius 2 is 1.95 bits per heavy atom. The molecule has 0 atom stereocenters. The van der Waals surface area contributed by atoms with Gasteiger partial charge in [0.1, 0.15) is 5.82 Å². The fourth-order valence-electron chi connectivity index (χ4n) is 2.66. The van der Waals surface area contributed by atoms with Crippen LogP contribution in [0.3, 0.4) is 0 Å². The Morgan fingerprint density at radius 1 is 1.30 bits per heavy atom. The van der Waals surface area contributed by atoms with Crippen molar-refractivity contribution in [1.29, 1.82) is 0 Å². The number of hydrogen-bond acceptors (Lipinski definition) is 2. The van der Waals surface area contributed by atoms with Crippen LogP contribution < -0.4 is 5.32 Å². The Labute approximate surface area is 125 Å². The van der Waals surface area contributed by atoms with Crippen molar-refractivity contribution >= 4 is 11.6 Å². The second kappa shape index (κ2) is 6.00. The van der Waals surface area contributed by atoms with E-state index in [-0.39, 0.29) is 16.8 Å². The Hall–Kier alpha value is -0.640. The van der Waals surface area contributed by atoms with E-state index in [2.05, 4.69) is 26.1 Å². The third-order valence-corrected chi connectivity index (χ3v) is 4.22. The molecule has 1 N–H and O–H groups in total. The van der Waals surface area contributed by atoms with Crippen LogP contribution in [0.5, 0.6) is 0 Å². The minimum Gasteiger partial charge on any atom is -0.381 e. The largest absolute Gasteiger partial charge is 0.381 e. The molecule has 0 radical (unpaired) electrons. The average Bonchev–Trinajstić information content (AvgIpc) is 2.36. The van der Waals surface area contributed by atoms with E-state index in [1.54, 1.807) is 0 Å². The van der Waals surface area contributed by atoms with E-state index in [0.717, 1.165) is 38.2 Å². The van der Waals surface area contributed by atoms with Gasteiger partial charge < -0.3 is 10.1 Å². The van der Waals surface area contributed by atoms with Crippen molar-refractivity contribution < 1.29 is 9.13 Å². The SMILES string of the molecule is CC(C)(C)NCC1(c2ccc(F)cc2Cl)CCOCC1. The second-order valence-electron chi connectivity index (χ2n) is 6.62. The first kappa shape index (κ1) is 15.7. The fourth-order valence-corrected chi connectivity index (χ4v) is 3.03. The van der Waals surface area contributed by atoms with Crippen molar-refractivity contribution in [3.63, 3.8) is 0 Å². The first-order chi connectivity index (χ1) is 9.32. The summed E-state index contributed by atoms with van der Waals surface area (Å²) in [6.07, 6.45) is 1.81. The molecule has 0 spiro atoms. The lowest BCUT2D eigenvalue weighted by Gasteiger charge is -2.40. The highest BCUT2D eigenvalue weighted by Crippen LogP contribution is 2.38. The van der Waals surface area contributed by atoms with Crippen LogP contribution in [-0.4, -0.2) is 25.3 Å². The Bertz CT molecular complexity index is 464. The molecule has 2 nitrogen and oxygen atoms in total. The summed E-state index contributed by atoms with van der Waals surface area (Å²) in [5.74, 6) is -0.287. The van der Waals surface area contributed by atoms with Gasteiger partial charge in [-0.2, -0.15) is 0 Å². The highest BCUT2D eigenvalue weighted by atomic mass is 35.5. The molecule has 0 bridgehead atoms. The van der Waals surface area contributed by atoms with Gasteiger partial charge in [0.05, 0.1) is 0 Å². The highest BCUT2D eigenvalue weighted by molar-refractivity contribution is 6.31. The molecule has 0 unspecified atom stereocenters. The van der Waals surface area contributed by atoms with Crippen LogP contribution in [0.4, 0.5) is 4.39 Å². The maximum atomic E-state index is 13.3. The zero-order chi connectivity index (χ0) is 14.8. The molecule has 1 saturated heterocycles. The molecule has 4 heteroatoms. The summed E-state index contributed by atoms with van der Waals surface area (Å²) in [6, 6.07) is 4.73. The number of nitrogens with one attached hydrogen (secondary N) is 1. The summed E-state index contributed by atoms with van der Waals surface area (Å²) in [4.78, 5) is 0.